The smallest absolute Gasteiger partial charge is 0.0987 e. The Hall–Kier alpha value is -0.780. The van der Waals surface area contributed by atoms with Crippen LogP contribution in [0.2, 0.25) is 0 Å². The molecule has 0 bridgehead atoms. The topological polar surface area (TPSA) is 29.9 Å². The molecule has 0 fully saturated rings. The highest BCUT2D eigenvalue weighted by Crippen LogP contribution is 2.32. The van der Waals surface area contributed by atoms with Crippen molar-refractivity contribution in [2.75, 3.05) is 0 Å². The van der Waals surface area contributed by atoms with E-state index in [0.29, 0.717) is 0 Å². The Morgan fingerprint density at radius 1 is 1.29 bits per heavy atom. The van der Waals surface area contributed by atoms with Crippen molar-refractivity contribution < 1.29 is 0 Å². The Bertz CT molecular complexity index is 629. The first-order valence-corrected chi connectivity index (χ1v) is 8.57. The number of rotatable bonds is 4. The second-order valence-electron chi connectivity index (χ2n) is 6.21. The number of hydrogen-bond acceptors (Lipinski definition) is 3. The van der Waals surface area contributed by atoms with Gasteiger partial charge in [-0.25, -0.2) is 0 Å². The lowest BCUT2D eigenvalue weighted by atomic mass is 10.1. The second kappa shape index (κ2) is 6.55. The number of halogens is 1. The summed E-state index contributed by atoms with van der Waals surface area (Å²) in [5.41, 5.74) is 2.45. The molecule has 0 atom stereocenters. The molecule has 0 aliphatic rings. The lowest BCUT2D eigenvalue weighted by molar-refractivity contribution is 0.422. The van der Waals surface area contributed by atoms with E-state index in [2.05, 4.69) is 71.4 Å². The highest BCUT2D eigenvalue weighted by Gasteiger charge is 2.13. The summed E-state index contributed by atoms with van der Waals surface area (Å²) in [5, 5.41) is 9.12. The van der Waals surface area contributed by atoms with E-state index in [4.69, 9.17) is 0 Å². The minimum Gasteiger partial charge on any atom is -0.308 e. The Balaban J connectivity index is 2.24. The monoisotopic (exact) mass is 367 g/mol. The molecule has 1 N–H and O–H groups in total. The molecule has 21 heavy (non-hydrogen) atoms. The summed E-state index contributed by atoms with van der Waals surface area (Å²) in [6.45, 7) is 9.42. The third-order valence-electron chi connectivity index (χ3n) is 3.01. The lowest BCUT2D eigenvalue weighted by Crippen LogP contribution is -2.35. The summed E-state index contributed by atoms with van der Waals surface area (Å²) < 4.78 is 3.04. The fourth-order valence-electron chi connectivity index (χ4n) is 1.94. The van der Waals surface area contributed by atoms with Crippen LogP contribution in [-0.2, 0) is 13.6 Å². The maximum absolute atomic E-state index is 4.41. The summed E-state index contributed by atoms with van der Waals surface area (Å²) in [5.74, 6) is 0. The lowest BCUT2D eigenvalue weighted by Gasteiger charge is -2.21. The van der Waals surface area contributed by atoms with Gasteiger partial charge in [-0.1, -0.05) is 27.7 Å². The molecule has 1 aromatic heterocycles. The van der Waals surface area contributed by atoms with Crippen molar-refractivity contribution in [1.29, 1.82) is 0 Å². The van der Waals surface area contributed by atoms with E-state index in [1.165, 1.54) is 10.5 Å². The van der Waals surface area contributed by atoms with Crippen molar-refractivity contribution in [3.8, 4) is 0 Å². The number of nitrogens with zero attached hydrogens (tertiary/aromatic N) is 2. The summed E-state index contributed by atoms with van der Waals surface area (Å²) in [6, 6.07) is 8.56. The van der Waals surface area contributed by atoms with Crippen LogP contribution in [-0.4, -0.2) is 15.3 Å². The maximum Gasteiger partial charge on any atom is 0.0987 e. The van der Waals surface area contributed by atoms with Crippen molar-refractivity contribution >= 4 is 27.7 Å². The van der Waals surface area contributed by atoms with Gasteiger partial charge in [0.15, 0.2) is 0 Å². The fourth-order valence-corrected chi connectivity index (χ4v) is 3.38. The zero-order chi connectivity index (χ0) is 15.6. The maximum atomic E-state index is 4.41. The second-order valence-corrected chi connectivity index (χ2v) is 8.18. The third-order valence-corrected chi connectivity index (χ3v) is 4.71. The molecule has 0 spiro atoms. The Morgan fingerprint density at radius 2 is 2.00 bits per heavy atom. The van der Waals surface area contributed by atoms with Gasteiger partial charge < -0.3 is 5.32 Å². The molecule has 0 radical (unpaired) electrons. The number of hydrogen-bond donors (Lipinski definition) is 1. The summed E-state index contributed by atoms with van der Waals surface area (Å²) in [4.78, 5) is 1.26. The van der Waals surface area contributed by atoms with Gasteiger partial charge in [-0.15, -0.1) is 0 Å². The molecule has 3 nitrogen and oxygen atoms in total. The van der Waals surface area contributed by atoms with Gasteiger partial charge >= 0.3 is 0 Å². The molecule has 1 aromatic carbocycles. The van der Waals surface area contributed by atoms with E-state index in [1.54, 1.807) is 11.8 Å². The van der Waals surface area contributed by atoms with Gasteiger partial charge in [0.1, 0.15) is 0 Å². The molecule has 0 saturated heterocycles. The molecule has 0 amide bonds. The molecule has 2 rings (SSSR count). The van der Waals surface area contributed by atoms with Gasteiger partial charge in [0.2, 0.25) is 0 Å². The molecule has 0 unspecified atom stereocenters. The van der Waals surface area contributed by atoms with Crippen molar-refractivity contribution in [1.82, 2.24) is 15.1 Å². The molecule has 2 aromatic rings. The zero-order valence-electron chi connectivity index (χ0n) is 13.2. The standard InChI is InChI=1S/C16H22BrN3S/c1-11-8-15(20(5)19-11)21-14-7-6-13(17)9-12(14)10-18-16(2,3)4/h6-9,18H,10H2,1-5H3. The van der Waals surface area contributed by atoms with Gasteiger partial charge in [0, 0.05) is 28.5 Å². The van der Waals surface area contributed by atoms with Crippen LogP contribution < -0.4 is 5.32 Å². The average molecular weight is 368 g/mol. The predicted molar refractivity (Wildman–Crippen MR) is 92.8 cm³/mol. The van der Waals surface area contributed by atoms with Gasteiger partial charge in [0.25, 0.3) is 0 Å². The van der Waals surface area contributed by atoms with Gasteiger partial charge in [-0.2, -0.15) is 5.10 Å². The van der Waals surface area contributed by atoms with Crippen molar-refractivity contribution in [2.45, 2.75) is 49.7 Å². The summed E-state index contributed by atoms with van der Waals surface area (Å²) >= 11 is 5.33. The molecular weight excluding hydrogens is 346 g/mol. The largest absolute Gasteiger partial charge is 0.308 e. The van der Waals surface area contributed by atoms with E-state index < -0.39 is 0 Å². The molecule has 114 valence electrons. The van der Waals surface area contributed by atoms with E-state index in [-0.39, 0.29) is 5.54 Å². The van der Waals surface area contributed by atoms with Crippen LogP contribution in [0.3, 0.4) is 0 Å². The van der Waals surface area contributed by atoms with Crippen molar-refractivity contribution in [3.05, 3.63) is 40.0 Å². The molecule has 0 aliphatic heterocycles. The minimum absolute atomic E-state index is 0.105. The van der Waals surface area contributed by atoms with Crippen molar-refractivity contribution in [3.63, 3.8) is 0 Å². The highest BCUT2D eigenvalue weighted by molar-refractivity contribution is 9.10. The zero-order valence-corrected chi connectivity index (χ0v) is 15.6. The van der Waals surface area contributed by atoms with Crippen LogP contribution in [0, 0.1) is 6.92 Å². The van der Waals surface area contributed by atoms with Crippen LogP contribution in [0.15, 0.2) is 38.7 Å². The molecule has 1 heterocycles. The minimum atomic E-state index is 0.105. The van der Waals surface area contributed by atoms with Gasteiger partial charge in [-0.05, 0) is 57.5 Å². The highest BCUT2D eigenvalue weighted by atomic mass is 79.9. The first kappa shape index (κ1) is 16.6. The number of nitrogens with one attached hydrogen (secondary N) is 1. The SMILES string of the molecule is Cc1cc(Sc2ccc(Br)cc2CNC(C)(C)C)n(C)n1. The fraction of sp³-hybridized carbons (Fsp3) is 0.438. The van der Waals surface area contributed by atoms with Crippen LogP contribution >= 0.6 is 27.7 Å². The Morgan fingerprint density at radius 3 is 2.57 bits per heavy atom. The molecule has 0 aliphatic carbocycles. The van der Waals surface area contributed by atoms with Crippen molar-refractivity contribution in [2.24, 2.45) is 7.05 Å². The summed E-state index contributed by atoms with van der Waals surface area (Å²) in [6.07, 6.45) is 0. The Labute approximate surface area is 139 Å². The molecule has 0 saturated carbocycles. The van der Waals surface area contributed by atoms with Gasteiger partial charge in [-0.3, -0.25) is 4.68 Å². The number of benzene rings is 1. The summed E-state index contributed by atoms with van der Waals surface area (Å²) in [7, 11) is 1.99. The number of aryl methyl sites for hydroxylation is 2. The van der Waals surface area contributed by atoms with Crippen LogP contribution in [0.25, 0.3) is 0 Å². The third kappa shape index (κ3) is 4.87. The Kier molecular flexibility index (Phi) is 5.17. The first-order valence-electron chi connectivity index (χ1n) is 6.96. The van der Waals surface area contributed by atoms with E-state index >= 15 is 0 Å². The number of aromatic nitrogens is 2. The normalized spacial score (nSPS) is 11.9. The molecule has 5 heteroatoms. The van der Waals surface area contributed by atoms with Crippen LogP contribution in [0.4, 0.5) is 0 Å². The first-order chi connectivity index (χ1) is 9.74. The van der Waals surface area contributed by atoms with E-state index in [0.717, 1.165) is 21.7 Å². The van der Waals surface area contributed by atoms with Crippen LogP contribution in [0.1, 0.15) is 32.0 Å². The predicted octanol–water partition coefficient (Wildman–Crippen LogP) is 4.53. The van der Waals surface area contributed by atoms with E-state index in [1.807, 2.05) is 18.7 Å². The average Bonchev–Trinajstić information content (AvgIpc) is 2.67. The van der Waals surface area contributed by atoms with E-state index in [9.17, 15) is 0 Å². The van der Waals surface area contributed by atoms with Crippen LogP contribution in [0.5, 0.6) is 0 Å². The quantitative estimate of drug-likeness (QED) is 0.860. The molecular formula is C16H22BrN3S. The van der Waals surface area contributed by atoms with Gasteiger partial charge in [0.05, 0.1) is 10.7 Å².